The summed E-state index contributed by atoms with van der Waals surface area (Å²) >= 11 is 0. The first-order chi connectivity index (χ1) is 13.7. The molecule has 1 amide bonds. The SMILES string of the molecule is Cc1cccc([N+](=O)[O-])c1S(=O)(=O)N1CCN(C(=O)Cc2ccc(F)cc2)CC1. The number of hydrogen-bond acceptors (Lipinski definition) is 5. The van der Waals surface area contributed by atoms with Crippen molar-refractivity contribution in [3.63, 3.8) is 0 Å². The molecule has 0 bridgehead atoms. The Hall–Kier alpha value is -2.85. The Labute approximate surface area is 167 Å². The molecule has 0 aliphatic carbocycles. The molecule has 0 spiro atoms. The number of carbonyl (C=O) groups excluding carboxylic acids is 1. The molecule has 10 heteroatoms. The van der Waals surface area contributed by atoms with Crippen LogP contribution in [-0.4, -0.2) is 54.6 Å². The molecule has 1 aliphatic rings. The molecule has 2 aromatic rings. The third-order valence-corrected chi connectivity index (χ3v) is 6.94. The van der Waals surface area contributed by atoms with E-state index in [0.29, 0.717) is 11.1 Å². The summed E-state index contributed by atoms with van der Waals surface area (Å²) in [4.78, 5) is 24.3. The van der Waals surface area contributed by atoms with E-state index in [4.69, 9.17) is 0 Å². The van der Waals surface area contributed by atoms with Crippen LogP contribution in [0.1, 0.15) is 11.1 Å². The molecule has 3 rings (SSSR count). The number of aryl methyl sites for hydroxylation is 1. The maximum absolute atomic E-state index is 13.0. The molecule has 0 atom stereocenters. The summed E-state index contributed by atoms with van der Waals surface area (Å²) in [7, 11) is -4.07. The molecule has 1 saturated heterocycles. The lowest BCUT2D eigenvalue weighted by molar-refractivity contribution is -0.387. The van der Waals surface area contributed by atoms with E-state index < -0.39 is 20.6 Å². The third-order valence-electron chi connectivity index (χ3n) is 4.85. The third kappa shape index (κ3) is 4.43. The second-order valence-electron chi connectivity index (χ2n) is 6.77. The van der Waals surface area contributed by atoms with Gasteiger partial charge in [-0.15, -0.1) is 0 Å². The van der Waals surface area contributed by atoms with Gasteiger partial charge in [0.2, 0.25) is 15.9 Å². The lowest BCUT2D eigenvalue weighted by Crippen LogP contribution is -2.51. The highest BCUT2D eigenvalue weighted by Crippen LogP contribution is 2.30. The molecule has 0 N–H and O–H groups in total. The zero-order valence-electron chi connectivity index (χ0n) is 15.7. The second kappa shape index (κ2) is 8.26. The fourth-order valence-corrected chi connectivity index (χ4v) is 5.10. The van der Waals surface area contributed by atoms with Crippen LogP contribution in [0.3, 0.4) is 0 Å². The molecule has 0 unspecified atom stereocenters. The van der Waals surface area contributed by atoms with Crippen molar-refractivity contribution >= 4 is 21.6 Å². The predicted octanol–water partition coefficient (Wildman–Crippen LogP) is 2.12. The smallest absolute Gasteiger partial charge is 0.289 e. The first-order valence-corrected chi connectivity index (χ1v) is 10.4. The molecule has 8 nitrogen and oxygen atoms in total. The molecule has 0 aromatic heterocycles. The van der Waals surface area contributed by atoms with E-state index in [9.17, 15) is 27.7 Å². The number of hydrogen-bond donors (Lipinski definition) is 0. The minimum absolute atomic E-state index is 0.0446. The molecule has 29 heavy (non-hydrogen) atoms. The van der Waals surface area contributed by atoms with Crippen molar-refractivity contribution in [2.24, 2.45) is 0 Å². The topological polar surface area (TPSA) is 101 Å². The Morgan fingerprint density at radius 3 is 2.31 bits per heavy atom. The number of nitro benzene ring substituents is 1. The van der Waals surface area contributed by atoms with Gasteiger partial charge in [-0.05, 0) is 30.2 Å². The van der Waals surface area contributed by atoms with E-state index in [0.717, 1.165) is 0 Å². The molecule has 154 valence electrons. The van der Waals surface area contributed by atoms with Crippen LogP contribution in [0.15, 0.2) is 47.4 Å². The molecular weight excluding hydrogens is 401 g/mol. The van der Waals surface area contributed by atoms with Crippen molar-refractivity contribution in [1.29, 1.82) is 0 Å². The van der Waals surface area contributed by atoms with Crippen molar-refractivity contribution in [3.8, 4) is 0 Å². The number of piperazine rings is 1. The van der Waals surface area contributed by atoms with Crippen molar-refractivity contribution in [2.45, 2.75) is 18.2 Å². The Bertz CT molecular complexity index is 1030. The summed E-state index contributed by atoms with van der Waals surface area (Å²) in [6, 6.07) is 9.75. The van der Waals surface area contributed by atoms with Gasteiger partial charge in [-0.2, -0.15) is 4.31 Å². The van der Waals surface area contributed by atoms with E-state index in [-0.39, 0.29) is 49.2 Å². The summed E-state index contributed by atoms with van der Waals surface area (Å²) in [5.74, 6) is -0.569. The van der Waals surface area contributed by atoms with Gasteiger partial charge in [0.25, 0.3) is 5.69 Å². The van der Waals surface area contributed by atoms with E-state index in [1.54, 1.807) is 4.90 Å². The average molecular weight is 421 g/mol. The van der Waals surface area contributed by atoms with Gasteiger partial charge in [0.1, 0.15) is 5.82 Å². The fraction of sp³-hybridized carbons (Fsp3) is 0.316. The number of nitro groups is 1. The van der Waals surface area contributed by atoms with Crippen molar-refractivity contribution in [3.05, 3.63) is 69.5 Å². The highest BCUT2D eigenvalue weighted by atomic mass is 32.2. The van der Waals surface area contributed by atoms with Crippen molar-refractivity contribution in [1.82, 2.24) is 9.21 Å². The predicted molar refractivity (Wildman–Crippen MR) is 103 cm³/mol. The molecule has 0 radical (unpaired) electrons. The number of benzene rings is 2. The molecular formula is C19H20FN3O5S. The largest absolute Gasteiger partial charge is 0.340 e. The Morgan fingerprint density at radius 1 is 1.10 bits per heavy atom. The van der Waals surface area contributed by atoms with E-state index in [1.165, 1.54) is 53.7 Å². The van der Waals surface area contributed by atoms with Gasteiger partial charge in [0.05, 0.1) is 11.3 Å². The second-order valence-corrected chi connectivity index (χ2v) is 8.64. The lowest BCUT2D eigenvalue weighted by Gasteiger charge is -2.34. The summed E-state index contributed by atoms with van der Waals surface area (Å²) in [5, 5.41) is 11.3. The van der Waals surface area contributed by atoms with Crippen LogP contribution in [0, 0.1) is 22.9 Å². The van der Waals surface area contributed by atoms with E-state index in [2.05, 4.69) is 0 Å². The number of sulfonamides is 1. The summed E-state index contributed by atoms with van der Waals surface area (Å²) in [5.41, 5.74) is 0.510. The zero-order chi connectivity index (χ0) is 21.2. The van der Waals surface area contributed by atoms with Gasteiger partial charge >= 0.3 is 0 Å². The van der Waals surface area contributed by atoms with Crippen molar-refractivity contribution < 1.29 is 22.5 Å². The van der Waals surface area contributed by atoms with Crippen LogP contribution in [0.25, 0.3) is 0 Å². The zero-order valence-corrected chi connectivity index (χ0v) is 16.6. The van der Waals surface area contributed by atoms with Gasteiger partial charge in [-0.1, -0.05) is 24.3 Å². The number of rotatable bonds is 5. The van der Waals surface area contributed by atoms with Crippen LogP contribution in [0.5, 0.6) is 0 Å². The Balaban J connectivity index is 1.71. The number of carbonyl (C=O) groups is 1. The molecule has 1 fully saturated rings. The monoisotopic (exact) mass is 421 g/mol. The van der Waals surface area contributed by atoms with Gasteiger partial charge in [-0.3, -0.25) is 14.9 Å². The Morgan fingerprint density at radius 2 is 1.72 bits per heavy atom. The quantitative estimate of drug-likeness (QED) is 0.544. The van der Waals surface area contributed by atoms with Crippen molar-refractivity contribution in [2.75, 3.05) is 26.2 Å². The summed E-state index contributed by atoms with van der Waals surface area (Å²) in [6.45, 7) is 1.96. The van der Waals surface area contributed by atoms with Gasteiger partial charge in [0, 0.05) is 32.2 Å². The van der Waals surface area contributed by atoms with Crippen LogP contribution >= 0.6 is 0 Å². The maximum Gasteiger partial charge on any atom is 0.289 e. The van der Waals surface area contributed by atoms with Crippen LogP contribution in [0.2, 0.25) is 0 Å². The Kier molecular flexibility index (Phi) is 5.94. The standard InChI is InChI=1S/C19H20FN3O5S/c1-14-3-2-4-17(23(25)26)19(14)29(27,28)22-11-9-21(10-12-22)18(24)13-15-5-7-16(20)8-6-15/h2-8H,9-13H2,1H3. The van der Waals surface area contributed by atoms with Gasteiger partial charge in [-0.25, -0.2) is 12.8 Å². The lowest BCUT2D eigenvalue weighted by atomic mass is 10.1. The van der Waals surface area contributed by atoms with E-state index >= 15 is 0 Å². The number of halogens is 1. The molecule has 1 aliphatic heterocycles. The highest BCUT2D eigenvalue weighted by molar-refractivity contribution is 7.89. The van der Waals surface area contributed by atoms with Gasteiger partial charge in [0.15, 0.2) is 4.90 Å². The number of amides is 1. The normalized spacial score (nSPS) is 15.3. The number of nitrogens with zero attached hydrogens (tertiary/aromatic N) is 3. The van der Waals surface area contributed by atoms with Crippen LogP contribution in [-0.2, 0) is 21.2 Å². The fourth-order valence-electron chi connectivity index (χ4n) is 3.31. The minimum atomic E-state index is -4.07. The van der Waals surface area contributed by atoms with Crippen LogP contribution < -0.4 is 0 Å². The first-order valence-electron chi connectivity index (χ1n) is 8.96. The summed E-state index contributed by atoms with van der Waals surface area (Å²) in [6.07, 6.45) is 0.0935. The molecule has 0 saturated carbocycles. The molecule has 2 aromatic carbocycles. The average Bonchev–Trinajstić information content (AvgIpc) is 2.69. The van der Waals surface area contributed by atoms with E-state index in [1.807, 2.05) is 0 Å². The van der Waals surface area contributed by atoms with Crippen LogP contribution in [0.4, 0.5) is 10.1 Å². The highest BCUT2D eigenvalue weighted by Gasteiger charge is 2.35. The summed E-state index contributed by atoms with van der Waals surface area (Å²) < 4.78 is 40.2. The first kappa shape index (κ1) is 20.9. The maximum atomic E-state index is 13.0. The minimum Gasteiger partial charge on any atom is -0.340 e. The molecule has 1 heterocycles. The van der Waals surface area contributed by atoms with Gasteiger partial charge < -0.3 is 4.90 Å².